The summed E-state index contributed by atoms with van der Waals surface area (Å²) in [5, 5.41) is 3.86. The van der Waals surface area contributed by atoms with Crippen LogP contribution >= 0.6 is 0 Å². The monoisotopic (exact) mass is 223 g/mol. The minimum atomic E-state index is 0.805. The van der Waals surface area contributed by atoms with Crippen molar-refractivity contribution in [2.45, 2.75) is 65.3 Å². The molecule has 94 valence electrons. The van der Waals surface area contributed by atoms with E-state index in [1.807, 2.05) is 0 Å². The maximum atomic E-state index is 3.86. The van der Waals surface area contributed by atoms with Crippen LogP contribution in [0.2, 0.25) is 0 Å². The van der Waals surface area contributed by atoms with E-state index >= 15 is 0 Å². The SMILES string of the molecule is CC1CCC(CNC2CCCC(C)C2C)C1. The van der Waals surface area contributed by atoms with Crippen molar-refractivity contribution < 1.29 is 0 Å². The molecule has 0 aliphatic heterocycles. The predicted molar refractivity (Wildman–Crippen MR) is 70.5 cm³/mol. The fourth-order valence-corrected chi connectivity index (χ4v) is 3.70. The lowest BCUT2D eigenvalue weighted by molar-refractivity contribution is 0.200. The molecule has 16 heavy (non-hydrogen) atoms. The molecule has 0 heterocycles. The molecule has 5 unspecified atom stereocenters. The molecule has 2 saturated carbocycles. The van der Waals surface area contributed by atoms with Crippen molar-refractivity contribution in [2.24, 2.45) is 23.7 Å². The minimum Gasteiger partial charge on any atom is -0.313 e. The molecule has 2 aliphatic rings. The van der Waals surface area contributed by atoms with Crippen molar-refractivity contribution in [1.82, 2.24) is 5.32 Å². The van der Waals surface area contributed by atoms with Gasteiger partial charge < -0.3 is 5.32 Å². The third-order valence-electron chi connectivity index (χ3n) is 5.18. The summed E-state index contributed by atoms with van der Waals surface area (Å²) in [4.78, 5) is 0. The molecule has 2 fully saturated rings. The summed E-state index contributed by atoms with van der Waals surface area (Å²) in [5.41, 5.74) is 0. The number of rotatable bonds is 3. The van der Waals surface area contributed by atoms with E-state index < -0.39 is 0 Å². The highest BCUT2D eigenvalue weighted by Crippen LogP contribution is 2.32. The van der Waals surface area contributed by atoms with Gasteiger partial charge in [0.2, 0.25) is 0 Å². The molecule has 0 amide bonds. The number of nitrogens with one attached hydrogen (secondary N) is 1. The molecule has 0 spiro atoms. The van der Waals surface area contributed by atoms with Gasteiger partial charge in [-0.15, -0.1) is 0 Å². The summed E-state index contributed by atoms with van der Waals surface area (Å²) in [6.07, 6.45) is 8.68. The lowest BCUT2D eigenvalue weighted by atomic mass is 9.78. The quantitative estimate of drug-likeness (QED) is 0.766. The molecule has 0 aromatic carbocycles. The molecule has 1 N–H and O–H groups in total. The summed E-state index contributed by atoms with van der Waals surface area (Å²) in [7, 11) is 0. The van der Waals surface area contributed by atoms with Crippen LogP contribution in [0.3, 0.4) is 0 Å². The van der Waals surface area contributed by atoms with Crippen LogP contribution in [0.25, 0.3) is 0 Å². The maximum absolute atomic E-state index is 3.86. The summed E-state index contributed by atoms with van der Waals surface area (Å²) < 4.78 is 0. The molecule has 0 aromatic rings. The Morgan fingerprint density at radius 1 is 1.00 bits per heavy atom. The van der Waals surface area contributed by atoms with Crippen molar-refractivity contribution in [3.8, 4) is 0 Å². The first-order valence-electron chi connectivity index (χ1n) is 7.40. The second-order valence-electron chi connectivity index (χ2n) is 6.57. The Morgan fingerprint density at radius 3 is 2.50 bits per heavy atom. The normalized spacial score (nSPS) is 44.8. The maximum Gasteiger partial charge on any atom is 0.00953 e. The second-order valence-corrected chi connectivity index (χ2v) is 6.57. The van der Waals surface area contributed by atoms with Gasteiger partial charge in [0.15, 0.2) is 0 Å². The zero-order valence-electron chi connectivity index (χ0n) is 11.3. The molecule has 1 nitrogen and oxygen atoms in total. The molecular formula is C15H29N. The third kappa shape index (κ3) is 3.00. The first kappa shape index (κ1) is 12.4. The Morgan fingerprint density at radius 2 is 1.81 bits per heavy atom. The van der Waals surface area contributed by atoms with E-state index in [-0.39, 0.29) is 0 Å². The van der Waals surface area contributed by atoms with Crippen LogP contribution < -0.4 is 5.32 Å². The van der Waals surface area contributed by atoms with Gasteiger partial charge in [0.1, 0.15) is 0 Å². The lowest BCUT2D eigenvalue weighted by Gasteiger charge is -2.35. The smallest absolute Gasteiger partial charge is 0.00953 e. The van der Waals surface area contributed by atoms with Gasteiger partial charge in [0.05, 0.1) is 0 Å². The van der Waals surface area contributed by atoms with Crippen LogP contribution in [0.15, 0.2) is 0 Å². The number of hydrogen-bond acceptors (Lipinski definition) is 1. The van der Waals surface area contributed by atoms with Crippen LogP contribution in [0, 0.1) is 23.7 Å². The molecule has 0 radical (unpaired) electrons. The van der Waals surface area contributed by atoms with E-state index in [1.165, 1.54) is 45.1 Å². The van der Waals surface area contributed by atoms with Gasteiger partial charge in [-0.05, 0) is 49.5 Å². The van der Waals surface area contributed by atoms with Crippen molar-refractivity contribution in [3.63, 3.8) is 0 Å². The fourth-order valence-electron chi connectivity index (χ4n) is 3.70. The Hall–Kier alpha value is -0.0400. The van der Waals surface area contributed by atoms with Gasteiger partial charge in [-0.3, -0.25) is 0 Å². The van der Waals surface area contributed by atoms with E-state index in [0.29, 0.717) is 0 Å². The molecule has 2 rings (SSSR count). The highest BCUT2D eigenvalue weighted by atomic mass is 14.9. The topological polar surface area (TPSA) is 12.0 Å². The third-order valence-corrected chi connectivity index (χ3v) is 5.18. The van der Waals surface area contributed by atoms with Gasteiger partial charge >= 0.3 is 0 Å². The Bertz CT molecular complexity index is 213. The zero-order chi connectivity index (χ0) is 11.5. The molecule has 1 heteroatoms. The van der Waals surface area contributed by atoms with Crippen LogP contribution in [-0.4, -0.2) is 12.6 Å². The van der Waals surface area contributed by atoms with Gasteiger partial charge in [0, 0.05) is 6.04 Å². The van der Waals surface area contributed by atoms with Crippen LogP contribution in [0.5, 0.6) is 0 Å². The summed E-state index contributed by atoms with van der Waals surface area (Å²) in [6, 6.07) is 0.805. The molecule has 0 saturated heterocycles. The standard InChI is InChI=1S/C15H29N/c1-11-7-8-14(9-11)10-16-15-6-4-5-12(2)13(15)3/h11-16H,4-10H2,1-3H3. The van der Waals surface area contributed by atoms with E-state index in [2.05, 4.69) is 26.1 Å². The van der Waals surface area contributed by atoms with Crippen LogP contribution in [-0.2, 0) is 0 Å². The minimum absolute atomic E-state index is 0.805. The molecule has 0 bridgehead atoms. The summed E-state index contributed by atoms with van der Waals surface area (Å²) in [5.74, 6) is 3.76. The Labute approximate surface area is 101 Å². The zero-order valence-corrected chi connectivity index (χ0v) is 11.3. The second kappa shape index (κ2) is 5.53. The molecule has 5 atom stereocenters. The average molecular weight is 223 g/mol. The highest BCUT2D eigenvalue weighted by Gasteiger charge is 2.28. The highest BCUT2D eigenvalue weighted by molar-refractivity contribution is 4.84. The average Bonchev–Trinajstić information content (AvgIpc) is 2.67. The number of hydrogen-bond donors (Lipinski definition) is 1. The summed E-state index contributed by atoms with van der Waals surface area (Å²) in [6.45, 7) is 8.56. The Kier molecular flexibility index (Phi) is 4.29. The van der Waals surface area contributed by atoms with Gasteiger partial charge in [0.25, 0.3) is 0 Å². The van der Waals surface area contributed by atoms with Crippen molar-refractivity contribution in [3.05, 3.63) is 0 Å². The molecule has 2 aliphatic carbocycles. The van der Waals surface area contributed by atoms with Gasteiger partial charge in [-0.1, -0.05) is 40.0 Å². The van der Waals surface area contributed by atoms with Crippen molar-refractivity contribution >= 4 is 0 Å². The Balaban J connectivity index is 1.72. The first-order valence-corrected chi connectivity index (χ1v) is 7.40. The lowest BCUT2D eigenvalue weighted by Crippen LogP contribution is -2.42. The largest absolute Gasteiger partial charge is 0.313 e. The summed E-state index contributed by atoms with van der Waals surface area (Å²) >= 11 is 0. The predicted octanol–water partition coefficient (Wildman–Crippen LogP) is 3.84. The van der Waals surface area contributed by atoms with E-state index in [9.17, 15) is 0 Å². The van der Waals surface area contributed by atoms with Crippen molar-refractivity contribution in [2.75, 3.05) is 6.54 Å². The van der Waals surface area contributed by atoms with Crippen LogP contribution in [0.1, 0.15) is 59.3 Å². The molecular weight excluding hydrogens is 194 g/mol. The van der Waals surface area contributed by atoms with E-state index in [4.69, 9.17) is 0 Å². The fraction of sp³-hybridized carbons (Fsp3) is 1.00. The van der Waals surface area contributed by atoms with E-state index in [0.717, 1.165) is 29.7 Å². The molecule has 0 aromatic heterocycles. The first-order chi connectivity index (χ1) is 7.66. The van der Waals surface area contributed by atoms with Crippen molar-refractivity contribution in [1.29, 1.82) is 0 Å². The van der Waals surface area contributed by atoms with Crippen LogP contribution in [0.4, 0.5) is 0 Å². The van der Waals surface area contributed by atoms with Gasteiger partial charge in [-0.2, -0.15) is 0 Å². The van der Waals surface area contributed by atoms with Gasteiger partial charge in [-0.25, -0.2) is 0 Å². The van der Waals surface area contributed by atoms with E-state index in [1.54, 1.807) is 0 Å².